The van der Waals surface area contributed by atoms with Crippen molar-refractivity contribution in [1.29, 1.82) is 0 Å². The quantitative estimate of drug-likeness (QED) is 0.782. The van der Waals surface area contributed by atoms with E-state index in [0.29, 0.717) is 37.3 Å². The van der Waals surface area contributed by atoms with Crippen molar-refractivity contribution in [3.8, 4) is 5.88 Å². The van der Waals surface area contributed by atoms with Crippen molar-refractivity contribution >= 4 is 22.0 Å². The van der Waals surface area contributed by atoms with Gasteiger partial charge >= 0.3 is 6.09 Å². The first-order chi connectivity index (χ1) is 11.2. The van der Waals surface area contributed by atoms with E-state index in [4.69, 9.17) is 9.47 Å². The Morgan fingerprint density at radius 2 is 2.25 bits per heavy atom. The van der Waals surface area contributed by atoms with E-state index in [0.717, 1.165) is 0 Å². The van der Waals surface area contributed by atoms with Crippen molar-refractivity contribution < 1.29 is 18.7 Å². The Kier molecular flexibility index (Phi) is 6.40. The van der Waals surface area contributed by atoms with E-state index >= 15 is 0 Å². The fourth-order valence-electron chi connectivity index (χ4n) is 2.31. The van der Waals surface area contributed by atoms with Crippen LogP contribution in [0.5, 0.6) is 5.88 Å². The van der Waals surface area contributed by atoms with Crippen LogP contribution in [0.1, 0.15) is 27.2 Å². The second-order valence-corrected chi connectivity index (χ2v) is 7.45. The monoisotopic (exact) mass is 403 g/mol. The summed E-state index contributed by atoms with van der Waals surface area (Å²) in [6.07, 6.45) is 0.321. The van der Waals surface area contributed by atoms with E-state index in [1.807, 2.05) is 20.8 Å². The minimum absolute atomic E-state index is 0.0239. The molecular formula is C16H23BrFN3O3. The van der Waals surface area contributed by atoms with Crippen LogP contribution in [0, 0.1) is 5.82 Å². The molecule has 1 saturated heterocycles. The van der Waals surface area contributed by atoms with E-state index in [1.165, 1.54) is 12.1 Å². The van der Waals surface area contributed by atoms with Crippen LogP contribution in [0.3, 0.4) is 0 Å². The Morgan fingerprint density at radius 3 is 2.96 bits per heavy atom. The van der Waals surface area contributed by atoms with Gasteiger partial charge in [-0.25, -0.2) is 14.2 Å². The first-order valence-electron chi connectivity index (χ1n) is 7.91. The largest absolute Gasteiger partial charge is 0.476 e. The molecular weight excluding hydrogens is 381 g/mol. The highest BCUT2D eigenvalue weighted by atomic mass is 79.9. The van der Waals surface area contributed by atoms with Gasteiger partial charge in [0.2, 0.25) is 0 Å². The van der Waals surface area contributed by atoms with Gasteiger partial charge in [-0.05, 0) is 55.3 Å². The van der Waals surface area contributed by atoms with Gasteiger partial charge in [0.25, 0.3) is 5.88 Å². The lowest BCUT2D eigenvalue weighted by Crippen LogP contribution is -2.53. The fraction of sp³-hybridized carbons (Fsp3) is 0.625. The molecule has 0 radical (unpaired) electrons. The van der Waals surface area contributed by atoms with Gasteiger partial charge in [-0.15, -0.1) is 0 Å². The van der Waals surface area contributed by atoms with E-state index in [2.05, 4.69) is 26.2 Å². The predicted molar refractivity (Wildman–Crippen MR) is 91.6 cm³/mol. The molecule has 0 spiro atoms. The third kappa shape index (κ3) is 5.90. The highest BCUT2D eigenvalue weighted by molar-refractivity contribution is 9.10. The SMILES string of the molecule is CC(C)(C)OC(=O)N1CCNC(CCOc2nc(Br)ccc2F)C1. The molecule has 0 aromatic carbocycles. The number of aromatic nitrogens is 1. The van der Waals surface area contributed by atoms with Crippen molar-refractivity contribution in [2.45, 2.75) is 38.8 Å². The molecule has 0 saturated carbocycles. The molecule has 2 heterocycles. The predicted octanol–water partition coefficient (Wildman–Crippen LogP) is 2.96. The number of pyridine rings is 1. The molecule has 1 aliphatic heterocycles. The van der Waals surface area contributed by atoms with E-state index in [1.54, 1.807) is 4.90 Å². The van der Waals surface area contributed by atoms with Gasteiger partial charge in [0.05, 0.1) is 6.61 Å². The molecule has 24 heavy (non-hydrogen) atoms. The summed E-state index contributed by atoms with van der Waals surface area (Å²) in [5, 5.41) is 3.33. The Labute approximate surface area is 149 Å². The number of hydrogen-bond acceptors (Lipinski definition) is 5. The fourth-order valence-corrected chi connectivity index (χ4v) is 2.60. The summed E-state index contributed by atoms with van der Waals surface area (Å²) in [5.74, 6) is -0.519. The molecule has 134 valence electrons. The maximum absolute atomic E-state index is 13.6. The third-order valence-corrected chi connectivity index (χ3v) is 3.83. The molecule has 1 N–H and O–H groups in total. The second-order valence-electron chi connectivity index (χ2n) is 6.64. The number of hydrogen-bond donors (Lipinski definition) is 1. The minimum Gasteiger partial charge on any atom is -0.476 e. The average Bonchev–Trinajstić information content (AvgIpc) is 2.49. The first-order valence-corrected chi connectivity index (χ1v) is 8.70. The van der Waals surface area contributed by atoms with Crippen molar-refractivity contribution in [3.05, 3.63) is 22.6 Å². The molecule has 1 aromatic heterocycles. The lowest BCUT2D eigenvalue weighted by molar-refractivity contribution is 0.0187. The van der Waals surface area contributed by atoms with E-state index in [-0.39, 0.29) is 18.0 Å². The summed E-state index contributed by atoms with van der Waals surface area (Å²) in [6.45, 7) is 7.67. The summed E-state index contributed by atoms with van der Waals surface area (Å²) >= 11 is 3.18. The van der Waals surface area contributed by atoms with Gasteiger partial charge < -0.3 is 19.7 Å². The number of ether oxygens (including phenoxy) is 2. The molecule has 1 aromatic rings. The number of rotatable bonds is 4. The van der Waals surface area contributed by atoms with E-state index < -0.39 is 11.4 Å². The number of nitrogens with one attached hydrogen (secondary N) is 1. The van der Waals surface area contributed by atoms with Crippen LogP contribution >= 0.6 is 15.9 Å². The van der Waals surface area contributed by atoms with E-state index in [9.17, 15) is 9.18 Å². The third-order valence-electron chi connectivity index (χ3n) is 3.39. The van der Waals surface area contributed by atoms with Crippen molar-refractivity contribution in [3.63, 3.8) is 0 Å². The Morgan fingerprint density at radius 1 is 1.50 bits per heavy atom. The highest BCUT2D eigenvalue weighted by Gasteiger charge is 2.27. The zero-order valence-corrected chi connectivity index (χ0v) is 15.7. The van der Waals surface area contributed by atoms with Crippen LogP contribution in [0.15, 0.2) is 16.7 Å². The Bertz CT molecular complexity index is 580. The van der Waals surface area contributed by atoms with Crippen molar-refractivity contribution in [2.75, 3.05) is 26.2 Å². The number of halogens is 2. The molecule has 2 rings (SSSR count). The van der Waals surface area contributed by atoms with Crippen molar-refractivity contribution in [1.82, 2.24) is 15.2 Å². The Hall–Kier alpha value is -1.41. The lowest BCUT2D eigenvalue weighted by atomic mass is 10.1. The minimum atomic E-state index is -0.509. The number of carbonyl (C=O) groups excluding carboxylic acids is 1. The zero-order valence-electron chi connectivity index (χ0n) is 14.1. The van der Waals surface area contributed by atoms with Gasteiger partial charge in [0.1, 0.15) is 10.2 Å². The number of nitrogens with zero attached hydrogens (tertiary/aromatic N) is 2. The summed E-state index contributed by atoms with van der Waals surface area (Å²) in [6, 6.07) is 2.89. The summed E-state index contributed by atoms with van der Waals surface area (Å²) in [4.78, 5) is 17.8. The van der Waals surface area contributed by atoms with Gasteiger partial charge in [-0.3, -0.25) is 0 Å². The average molecular weight is 404 g/mol. The summed E-state index contributed by atoms with van der Waals surface area (Å²) in [7, 11) is 0. The number of amides is 1. The normalized spacial score (nSPS) is 18.4. The number of piperazine rings is 1. The Balaban J connectivity index is 1.80. The highest BCUT2D eigenvalue weighted by Crippen LogP contribution is 2.18. The number of carbonyl (C=O) groups is 1. The molecule has 1 fully saturated rings. The lowest BCUT2D eigenvalue weighted by Gasteiger charge is -2.34. The van der Waals surface area contributed by atoms with Crippen LogP contribution in [-0.4, -0.2) is 53.9 Å². The molecule has 1 aliphatic rings. The van der Waals surface area contributed by atoms with Crippen LogP contribution in [0.25, 0.3) is 0 Å². The van der Waals surface area contributed by atoms with Crippen LogP contribution < -0.4 is 10.1 Å². The summed E-state index contributed by atoms with van der Waals surface area (Å²) in [5.41, 5.74) is -0.509. The van der Waals surface area contributed by atoms with Crippen LogP contribution in [-0.2, 0) is 4.74 Å². The molecule has 1 unspecified atom stereocenters. The molecule has 1 amide bonds. The molecule has 8 heteroatoms. The zero-order chi connectivity index (χ0) is 17.7. The standard InChI is InChI=1S/C16H23BrFN3O3/c1-16(2,3)24-15(22)21-8-7-19-11(10-21)6-9-23-14-12(18)4-5-13(17)20-14/h4-5,11,19H,6-10H2,1-3H3. The molecule has 0 aliphatic carbocycles. The maximum Gasteiger partial charge on any atom is 0.410 e. The summed E-state index contributed by atoms with van der Waals surface area (Å²) < 4.78 is 24.9. The van der Waals surface area contributed by atoms with Gasteiger partial charge in [-0.1, -0.05) is 0 Å². The molecule has 6 nitrogen and oxygen atoms in total. The van der Waals surface area contributed by atoms with Crippen LogP contribution in [0.4, 0.5) is 9.18 Å². The molecule has 0 bridgehead atoms. The van der Waals surface area contributed by atoms with Gasteiger partial charge in [-0.2, -0.15) is 0 Å². The van der Waals surface area contributed by atoms with Gasteiger partial charge in [0.15, 0.2) is 5.82 Å². The smallest absolute Gasteiger partial charge is 0.410 e. The topological polar surface area (TPSA) is 63.7 Å². The van der Waals surface area contributed by atoms with Crippen LogP contribution in [0.2, 0.25) is 0 Å². The second kappa shape index (κ2) is 8.11. The molecule has 1 atom stereocenters. The van der Waals surface area contributed by atoms with Crippen molar-refractivity contribution in [2.24, 2.45) is 0 Å². The maximum atomic E-state index is 13.6. The first kappa shape index (κ1) is 18.9. The van der Waals surface area contributed by atoms with Gasteiger partial charge in [0, 0.05) is 25.7 Å².